The molecule has 0 bridgehead atoms. The molecule has 45 heavy (non-hydrogen) atoms. The van der Waals surface area contributed by atoms with Gasteiger partial charge in [-0.05, 0) is 43.7 Å². The Labute approximate surface area is 261 Å². The summed E-state index contributed by atoms with van der Waals surface area (Å²) in [6.45, 7) is 2.35. The minimum atomic E-state index is -4.44. The highest BCUT2D eigenvalue weighted by molar-refractivity contribution is 7.92. The van der Waals surface area contributed by atoms with Crippen molar-refractivity contribution in [3.05, 3.63) is 136 Å². The van der Waals surface area contributed by atoms with Crippen molar-refractivity contribution in [2.75, 3.05) is 10.8 Å². The number of hydrogen-bond acceptors (Lipinski definition) is 6. The minimum absolute atomic E-state index is 0.0574. The summed E-state index contributed by atoms with van der Waals surface area (Å²) in [6, 6.07) is 25.6. The average Bonchev–Trinajstić information content (AvgIpc) is 3.02. The van der Waals surface area contributed by atoms with Gasteiger partial charge in [0, 0.05) is 36.7 Å². The number of carbonyl (C=O) groups is 2. The fourth-order valence-corrected chi connectivity index (χ4v) is 6.18. The maximum absolute atomic E-state index is 15.0. The van der Waals surface area contributed by atoms with E-state index >= 15 is 0 Å². The van der Waals surface area contributed by atoms with E-state index in [1.165, 1.54) is 60.7 Å². The summed E-state index contributed by atoms with van der Waals surface area (Å²) in [5.74, 6) is -1.93. The number of nitrogens with one attached hydrogen (secondary N) is 1. The van der Waals surface area contributed by atoms with Crippen LogP contribution in [0.15, 0.2) is 114 Å². The summed E-state index contributed by atoms with van der Waals surface area (Å²) in [6.07, 6.45) is 0.0574. The number of non-ortho nitro benzene ring substituents is 1. The smallest absolute Gasteiger partial charge is 0.271 e. The van der Waals surface area contributed by atoms with Crippen LogP contribution in [0, 0.1) is 15.9 Å². The van der Waals surface area contributed by atoms with Gasteiger partial charge in [0.25, 0.3) is 15.7 Å². The molecule has 0 radical (unpaired) electrons. The van der Waals surface area contributed by atoms with Gasteiger partial charge in [0.15, 0.2) is 0 Å². The van der Waals surface area contributed by atoms with Gasteiger partial charge in [0.1, 0.15) is 18.4 Å². The summed E-state index contributed by atoms with van der Waals surface area (Å²) in [5.41, 5.74) is 0.336. The fourth-order valence-electron chi connectivity index (χ4n) is 4.75. The van der Waals surface area contributed by atoms with E-state index in [0.717, 1.165) is 20.8 Å². The van der Waals surface area contributed by atoms with Crippen LogP contribution in [0.1, 0.15) is 25.0 Å². The highest BCUT2D eigenvalue weighted by Gasteiger charge is 2.35. The van der Waals surface area contributed by atoms with Crippen molar-refractivity contribution in [3.63, 3.8) is 0 Å². The van der Waals surface area contributed by atoms with E-state index < -0.39 is 45.2 Å². The lowest BCUT2D eigenvalue weighted by Gasteiger charge is -2.34. The third-order valence-electron chi connectivity index (χ3n) is 6.94. The van der Waals surface area contributed by atoms with Crippen molar-refractivity contribution in [1.82, 2.24) is 10.2 Å². The number of anilines is 1. The zero-order chi connectivity index (χ0) is 32.6. The lowest BCUT2D eigenvalue weighted by Crippen LogP contribution is -2.54. The molecule has 2 amide bonds. The van der Waals surface area contributed by atoms with E-state index in [1.54, 1.807) is 56.3 Å². The van der Waals surface area contributed by atoms with Crippen molar-refractivity contribution in [2.24, 2.45) is 0 Å². The van der Waals surface area contributed by atoms with Gasteiger partial charge in [-0.2, -0.15) is 0 Å². The standard InChI is InChI=1S/C33H33FN4O6S/c1-24(2)35-33(40)31(20-25-12-5-3-6-13-25)36(22-26-14-9-10-19-30(26)34)32(39)23-37(27-15-11-16-28(21-27)38(41)42)45(43,44)29-17-7-4-8-18-29/h3-19,21,24,31H,20,22-23H2,1-2H3,(H,35,40)/t31-/m1/s1. The van der Waals surface area contributed by atoms with E-state index in [1.807, 2.05) is 0 Å². The third-order valence-corrected chi connectivity index (χ3v) is 8.73. The van der Waals surface area contributed by atoms with E-state index in [4.69, 9.17) is 0 Å². The van der Waals surface area contributed by atoms with E-state index in [9.17, 15) is 32.5 Å². The molecule has 0 unspecified atom stereocenters. The number of nitro benzene ring substituents is 1. The molecule has 0 saturated carbocycles. The summed E-state index contributed by atoms with van der Waals surface area (Å²) < 4.78 is 43.7. The molecular formula is C33H33FN4O6S. The monoisotopic (exact) mass is 632 g/mol. The molecule has 0 aliphatic heterocycles. The van der Waals surface area contributed by atoms with Gasteiger partial charge < -0.3 is 10.2 Å². The van der Waals surface area contributed by atoms with Crippen LogP contribution in [0.5, 0.6) is 0 Å². The molecule has 4 rings (SSSR count). The fraction of sp³-hybridized carbons (Fsp3) is 0.212. The molecule has 0 aromatic heterocycles. The number of nitro groups is 1. The van der Waals surface area contributed by atoms with E-state index in [-0.39, 0.29) is 40.8 Å². The molecule has 0 aliphatic carbocycles. The normalized spacial score (nSPS) is 11.9. The van der Waals surface area contributed by atoms with Crippen LogP contribution in [-0.4, -0.2) is 48.7 Å². The Kier molecular flexibility index (Phi) is 10.6. The maximum Gasteiger partial charge on any atom is 0.271 e. The van der Waals surface area contributed by atoms with E-state index in [0.29, 0.717) is 0 Å². The van der Waals surface area contributed by atoms with Crippen molar-refractivity contribution < 1.29 is 27.3 Å². The Hall–Kier alpha value is -5.10. The van der Waals surface area contributed by atoms with Crippen molar-refractivity contribution in [3.8, 4) is 0 Å². The van der Waals surface area contributed by atoms with Gasteiger partial charge >= 0.3 is 0 Å². The zero-order valence-electron chi connectivity index (χ0n) is 24.7. The number of sulfonamides is 1. The van der Waals surface area contributed by atoms with Gasteiger partial charge in [-0.15, -0.1) is 0 Å². The summed E-state index contributed by atoms with van der Waals surface area (Å²) in [7, 11) is -4.44. The SMILES string of the molecule is CC(C)NC(=O)[C@@H](Cc1ccccc1)N(Cc1ccccc1F)C(=O)CN(c1cccc([N+](=O)[O-])c1)S(=O)(=O)c1ccccc1. The largest absolute Gasteiger partial charge is 0.352 e. The molecule has 12 heteroatoms. The second kappa shape index (κ2) is 14.6. The second-order valence-corrected chi connectivity index (χ2v) is 12.4. The molecule has 0 spiro atoms. The Morgan fingerprint density at radius 3 is 2.13 bits per heavy atom. The van der Waals surface area contributed by atoms with Crippen LogP contribution in [0.25, 0.3) is 0 Å². The first kappa shape index (κ1) is 32.8. The van der Waals surface area contributed by atoms with Crippen LogP contribution in [0.4, 0.5) is 15.8 Å². The summed E-state index contributed by atoms with van der Waals surface area (Å²) in [4.78, 5) is 39.9. The second-order valence-electron chi connectivity index (χ2n) is 10.6. The van der Waals surface area contributed by atoms with Gasteiger partial charge in [0.05, 0.1) is 15.5 Å². The maximum atomic E-state index is 15.0. The number of rotatable bonds is 13. The zero-order valence-corrected chi connectivity index (χ0v) is 25.6. The van der Waals surface area contributed by atoms with E-state index in [2.05, 4.69) is 5.32 Å². The molecule has 0 fully saturated rings. The predicted octanol–water partition coefficient (Wildman–Crippen LogP) is 5.09. The van der Waals surface area contributed by atoms with Crippen molar-refractivity contribution >= 4 is 33.2 Å². The summed E-state index contributed by atoms with van der Waals surface area (Å²) in [5, 5.41) is 14.4. The number of hydrogen-bond donors (Lipinski definition) is 1. The first-order valence-corrected chi connectivity index (χ1v) is 15.6. The Balaban J connectivity index is 1.84. The topological polar surface area (TPSA) is 130 Å². The van der Waals surface area contributed by atoms with Crippen molar-refractivity contribution in [1.29, 1.82) is 0 Å². The highest BCUT2D eigenvalue weighted by atomic mass is 32.2. The molecule has 0 aliphatic rings. The lowest BCUT2D eigenvalue weighted by molar-refractivity contribution is -0.384. The molecular weight excluding hydrogens is 599 g/mol. The van der Waals surface area contributed by atoms with Crippen LogP contribution < -0.4 is 9.62 Å². The number of nitrogens with zero attached hydrogens (tertiary/aromatic N) is 3. The quantitative estimate of drug-likeness (QED) is 0.161. The number of amides is 2. The van der Waals surface area contributed by atoms with Crippen molar-refractivity contribution in [2.45, 2.75) is 43.8 Å². The molecule has 4 aromatic carbocycles. The van der Waals surface area contributed by atoms with Gasteiger partial charge in [-0.3, -0.25) is 24.0 Å². The Bertz CT molecular complexity index is 1750. The molecule has 1 atom stereocenters. The first-order valence-electron chi connectivity index (χ1n) is 14.2. The van der Waals surface area contributed by atoms with Crippen LogP contribution in [0.3, 0.4) is 0 Å². The predicted molar refractivity (Wildman–Crippen MR) is 168 cm³/mol. The minimum Gasteiger partial charge on any atom is -0.352 e. The van der Waals surface area contributed by atoms with Crippen LogP contribution >= 0.6 is 0 Å². The highest BCUT2D eigenvalue weighted by Crippen LogP contribution is 2.28. The molecule has 10 nitrogen and oxygen atoms in total. The number of halogens is 1. The molecule has 1 N–H and O–H groups in total. The lowest BCUT2D eigenvalue weighted by atomic mass is 10.0. The molecule has 0 saturated heterocycles. The Morgan fingerprint density at radius 1 is 0.889 bits per heavy atom. The first-order chi connectivity index (χ1) is 21.5. The molecule has 234 valence electrons. The average molecular weight is 633 g/mol. The van der Waals surface area contributed by atoms with Gasteiger partial charge in [-0.25, -0.2) is 12.8 Å². The number of carbonyl (C=O) groups excluding carboxylic acids is 2. The third kappa shape index (κ3) is 8.30. The summed E-state index contributed by atoms with van der Waals surface area (Å²) >= 11 is 0. The molecule has 0 heterocycles. The van der Waals surface area contributed by atoms with Crippen LogP contribution in [0.2, 0.25) is 0 Å². The molecule has 4 aromatic rings. The Morgan fingerprint density at radius 2 is 1.51 bits per heavy atom. The van der Waals surface area contributed by atoms with Gasteiger partial charge in [-0.1, -0.05) is 72.8 Å². The number of benzene rings is 4. The van der Waals surface area contributed by atoms with Crippen LogP contribution in [-0.2, 0) is 32.6 Å². The van der Waals surface area contributed by atoms with Gasteiger partial charge in [0.2, 0.25) is 11.8 Å².